The molecule has 0 saturated carbocycles. The first-order valence-corrected chi connectivity index (χ1v) is 7.76. The maximum Gasteiger partial charge on any atom is 0.437 e. The van der Waals surface area contributed by atoms with E-state index >= 15 is 0 Å². The minimum atomic E-state index is -0.511. The molecule has 0 aliphatic rings. The summed E-state index contributed by atoms with van der Waals surface area (Å²) in [5.41, 5.74) is 1.48. The van der Waals surface area contributed by atoms with Crippen LogP contribution in [0.2, 0.25) is 0 Å². The van der Waals surface area contributed by atoms with E-state index in [1.165, 1.54) is 20.8 Å². The molecule has 8 heteroatoms. The highest BCUT2D eigenvalue weighted by Crippen LogP contribution is 2.21. The molecule has 0 spiro atoms. The largest absolute Gasteiger partial charge is 0.437 e. The zero-order valence-corrected chi connectivity index (χ0v) is 12.7. The second-order valence-electron chi connectivity index (χ2n) is 4.77. The summed E-state index contributed by atoms with van der Waals surface area (Å²) in [7, 11) is 0. The first-order chi connectivity index (χ1) is 11.3. The number of thiophene rings is 1. The van der Waals surface area contributed by atoms with E-state index in [-0.39, 0.29) is 6.54 Å². The van der Waals surface area contributed by atoms with Crippen molar-refractivity contribution in [3.63, 3.8) is 0 Å². The van der Waals surface area contributed by atoms with Crippen LogP contribution in [0.5, 0.6) is 0 Å². The molecule has 3 aromatic heterocycles. The average Bonchev–Trinajstić information content (AvgIpc) is 3.31. The van der Waals surface area contributed by atoms with E-state index in [1.807, 2.05) is 47.8 Å². The van der Waals surface area contributed by atoms with E-state index in [0.29, 0.717) is 11.6 Å². The number of para-hydroxylation sites is 1. The molecule has 0 bridgehead atoms. The molecule has 114 valence electrons. The molecule has 3 heterocycles. The molecule has 0 aliphatic carbocycles. The van der Waals surface area contributed by atoms with Crippen LogP contribution in [-0.4, -0.2) is 24.8 Å². The van der Waals surface area contributed by atoms with Crippen LogP contribution in [0.4, 0.5) is 0 Å². The van der Waals surface area contributed by atoms with Crippen molar-refractivity contribution in [3.8, 4) is 16.5 Å². The first-order valence-electron chi connectivity index (χ1n) is 6.88. The molecule has 7 nitrogen and oxygen atoms in total. The summed E-state index contributed by atoms with van der Waals surface area (Å²) in [4.78, 5) is 14.2. The summed E-state index contributed by atoms with van der Waals surface area (Å²) in [5.74, 6) is -0.192. The van der Waals surface area contributed by atoms with Gasteiger partial charge in [-0.1, -0.05) is 24.3 Å². The Morgan fingerprint density at radius 3 is 2.74 bits per heavy atom. The fraction of sp³-hybridized carbons (Fsp3) is 0.0667. The quantitative estimate of drug-likeness (QED) is 0.575. The molecular weight excluding hydrogens is 314 g/mol. The molecule has 4 aromatic rings. The predicted molar refractivity (Wildman–Crippen MR) is 84.5 cm³/mol. The zero-order valence-electron chi connectivity index (χ0n) is 11.9. The summed E-state index contributed by atoms with van der Waals surface area (Å²) >= 11 is 1.47. The minimum absolute atomic E-state index is 0.209. The molecule has 0 atom stereocenters. The van der Waals surface area contributed by atoms with Crippen molar-refractivity contribution in [1.82, 2.24) is 24.8 Å². The lowest BCUT2D eigenvalue weighted by Crippen LogP contribution is -2.17. The second-order valence-corrected chi connectivity index (χ2v) is 5.72. The number of hydrogen-bond acceptors (Lipinski definition) is 6. The van der Waals surface area contributed by atoms with Gasteiger partial charge in [-0.2, -0.15) is 19.7 Å². The normalized spacial score (nSPS) is 11.0. The van der Waals surface area contributed by atoms with Gasteiger partial charge in [0.1, 0.15) is 5.69 Å². The van der Waals surface area contributed by atoms with Crippen LogP contribution in [0, 0.1) is 0 Å². The summed E-state index contributed by atoms with van der Waals surface area (Å²) in [6.45, 7) is 0.209. The Hall–Kier alpha value is -3.00. The van der Waals surface area contributed by atoms with Crippen LogP contribution < -0.4 is 5.76 Å². The lowest BCUT2D eigenvalue weighted by atomic mass is 10.3. The summed E-state index contributed by atoms with van der Waals surface area (Å²) in [5, 5.41) is 14.7. The van der Waals surface area contributed by atoms with Crippen LogP contribution in [0.25, 0.3) is 16.5 Å². The first kappa shape index (κ1) is 13.6. The van der Waals surface area contributed by atoms with E-state index in [1.54, 1.807) is 6.20 Å². The zero-order chi connectivity index (χ0) is 15.6. The van der Waals surface area contributed by atoms with E-state index in [4.69, 9.17) is 4.42 Å². The van der Waals surface area contributed by atoms with Gasteiger partial charge < -0.3 is 4.42 Å². The number of benzene rings is 1. The van der Waals surface area contributed by atoms with Gasteiger partial charge in [0.25, 0.3) is 5.89 Å². The summed E-state index contributed by atoms with van der Waals surface area (Å²) in [6, 6.07) is 13.3. The van der Waals surface area contributed by atoms with Gasteiger partial charge >= 0.3 is 5.76 Å². The SMILES string of the molecule is O=c1oc(-c2cccs2)nn1Cc1cnn(-c2ccccc2)n1. The lowest BCUT2D eigenvalue weighted by molar-refractivity contribution is 0.493. The Balaban J connectivity index is 1.60. The van der Waals surface area contributed by atoms with Crippen molar-refractivity contribution in [2.45, 2.75) is 6.54 Å². The standard InChI is InChI=1S/C15H11N5O2S/c21-15-19(18-14(22-15)13-7-4-8-23-13)10-11-9-16-20(17-11)12-5-2-1-3-6-12/h1-9H,10H2. The molecule has 0 fully saturated rings. The van der Waals surface area contributed by atoms with Gasteiger partial charge in [-0.25, -0.2) is 4.79 Å². The number of hydrogen-bond donors (Lipinski definition) is 0. The molecule has 1 aromatic carbocycles. The van der Waals surface area contributed by atoms with Gasteiger partial charge in [0.05, 0.1) is 23.3 Å². The van der Waals surface area contributed by atoms with Gasteiger partial charge in [-0.15, -0.1) is 16.4 Å². The van der Waals surface area contributed by atoms with Crippen molar-refractivity contribution < 1.29 is 4.42 Å². The highest BCUT2D eigenvalue weighted by atomic mass is 32.1. The molecule has 4 rings (SSSR count). The van der Waals surface area contributed by atoms with Crippen molar-refractivity contribution in [2.75, 3.05) is 0 Å². The Morgan fingerprint density at radius 1 is 1.09 bits per heavy atom. The molecule has 0 amide bonds. The van der Waals surface area contributed by atoms with E-state index in [9.17, 15) is 4.79 Å². The van der Waals surface area contributed by atoms with Gasteiger partial charge in [0, 0.05) is 0 Å². The van der Waals surface area contributed by atoms with Crippen LogP contribution in [0.1, 0.15) is 5.69 Å². The van der Waals surface area contributed by atoms with Crippen LogP contribution in [0.15, 0.2) is 63.3 Å². The second kappa shape index (κ2) is 5.65. The molecule has 0 N–H and O–H groups in total. The maximum atomic E-state index is 11.9. The van der Waals surface area contributed by atoms with E-state index in [0.717, 1.165) is 10.6 Å². The Kier molecular flexibility index (Phi) is 3.35. The predicted octanol–water partition coefficient (Wildman–Crippen LogP) is 2.19. The minimum Gasteiger partial charge on any atom is -0.387 e. The van der Waals surface area contributed by atoms with E-state index in [2.05, 4.69) is 15.3 Å². The van der Waals surface area contributed by atoms with Crippen molar-refractivity contribution >= 4 is 11.3 Å². The molecule has 23 heavy (non-hydrogen) atoms. The average molecular weight is 325 g/mol. The van der Waals surface area contributed by atoms with Crippen LogP contribution in [-0.2, 0) is 6.54 Å². The molecule has 0 saturated heterocycles. The molecule has 0 unspecified atom stereocenters. The van der Waals surface area contributed by atoms with Crippen LogP contribution in [0.3, 0.4) is 0 Å². The fourth-order valence-corrected chi connectivity index (χ4v) is 2.76. The van der Waals surface area contributed by atoms with E-state index < -0.39 is 5.76 Å². The maximum absolute atomic E-state index is 11.9. The third-order valence-corrected chi connectivity index (χ3v) is 4.03. The Morgan fingerprint density at radius 2 is 1.96 bits per heavy atom. The summed E-state index contributed by atoms with van der Waals surface area (Å²) in [6.07, 6.45) is 1.61. The highest BCUT2D eigenvalue weighted by molar-refractivity contribution is 7.13. The third-order valence-electron chi connectivity index (χ3n) is 3.18. The van der Waals surface area contributed by atoms with Crippen molar-refractivity contribution in [1.29, 1.82) is 0 Å². The molecule has 0 aliphatic heterocycles. The van der Waals surface area contributed by atoms with Crippen molar-refractivity contribution in [3.05, 3.63) is 70.3 Å². The number of nitrogens with zero attached hydrogens (tertiary/aromatic N) is 5. The number of aromatic nitrogens is 5. The highest BCUT2D eigenvalue weighted by Gasteiger charge is 2.13. The van der Waals surface area contributed by atoms with Crippen LogP contribution >= 0.6 is 11.3 Å². The van der Waals surface area contributed by atoms with Gasteiger partial charge in [0.2, 0.25) is 0 Å². The lowest BCUT2D eigenvalue weighted by Gasteiger charge is -1.97. The fourth-order valence-electron chi connectivity index (χ4n) is 2.11. The Bertz CT molecular complexity index is 969. The monoisotopic (exact) mass is 325 g/mol. The van der Waals surface area contributed by atoms with Gasteiger partial charge in [-0.05, 0) is 23.6 Å². The van der Waals surface area contributed by atoms with Gasteiger partial charge in [0.15, 0.2) is 0 Å². The molecular formula is C15H11N5O2S. The van der Waals surface area contributed by atoms with Crippen molar-refractivity contribution in [2.24, 2.45) is 0 Å². The molecule has 0 radical (unpaired) electrons. The Labute approximate surface area is 134 Å². The third kappa shape index (κ3) is 2.71. The number of rotatable bonds is 4. The van der Waals surface area contributed by atoms with Gasteiger partial charge in [-0.3, -0.25) is 0 Å². The smallest absolute Gasteiger partial charge is 0.387 e. The summed E-state index contributed by atoms with van der Waals surface area (Å²) < 4.78 is 6.42. The topological polar surface area (TPSA) is 78.7 Å².